The Bertz CT molecular complexity index is 591. The third kappa shape index (κ3) is 6.78. The largest absolute Gasteiger partial charge is 0.356 e. The number of carbonyl (C=O) groups is 1. The average molecular weight is 472 g/mol. The van der Waals surface area contributed by atoms with E-state index in [4.69, 9.17) is 0 Å². The van der Waals surface area contributed by atoms with Gasteiger partial charge in [0.05, 0.1) is 0 Å². The molecule has 6 heteroatoms. The third-order valence-electron chi connectivity index (χ3n) is 4.95. The van der Waals surface area contributed by atoms with Gasteiger partial charge in [0, 0.05) is 38.2 Å². The molecule has 1 heterocycles. The van der Waals surface area contributed by atoms with Crippen LogP contribution in [0.2, 0.25) is 0 Å². The van der Waals surface area contributed by atoms with Crippen LogP contribution in [0.4, 0.5) is 5.69 Å². The molecule has 3 N–H and O–H groups in total. The smallest absolute Gasteiger partial charge is 0.225 e. The van der Waals surface area contributed by atoms with Crippen LogP contribution in [0.3, 0.4) is 0 Å². The van der Waals surface area contributed by atoms with Crippen LogP contribution in [0.1, 0.15) is 57.4 Å². The molecule has 0 bridgehead atoms. The standard InChI is InChI=1S/C20H32N4O.HI/c1-4-6-9-15(5-2)13-22-20(21-3)23-14-16-12-19(25)24-18-11-8-7-10-17(16)18;/h7-8,10-11,15-16H,4-6,9,12-14H2,1-3H3,(H,24,25)(H2,21,22,23);1H. The van der Waals surface area contributed by atoms with Gasteiger partial charge in [-0.25, -0.2) is 0 Å². The van der Waals surface area contributed by atoms with Gasteiger partial charge in [-0.05, 0) is 24.0 Å². The second kappa shape index (κ2) is 12.1. The molecule has 0 aromatic heterocycles. The van der Waals surface area contributed by atoms with Crippen LogP contribution >= 0.6 is 24.0 Å². The minimum absolute atomic E-state index is 0. The number of nitrogens with zero attached hydrogens (tertiary/aromatic N) is 1. The van der Waals surface area contributed by atoms with Crippen molar-refractivity contribution in [2.24, 2.45) is 10.9 Å². The fourth-order valence-corrected chi connectivity index (χ4v) is 3.31. The molecule has 1 aliphatic heterocycles. The highest BCUT2D eigenvalue weighted by molar-refractivity contribution is 14.0. The molecule has 0 radical (unpaired) electrons. The summed E-state index contributed by atoms with van der Waals surface area (Å²) in [6.07, 6.45) is 5.47. The Labute approximate surface area is 174 Å². The highest BCUT2D eigenvalue weighted by atomic mass is 127. The number of guanidine groups is 1. The predicted octanol–water partition coefficient (Wildman–Crippen LogP) is 4.11. The summed E-state index contributed by atoms with van der Waals surface area (Å²) in [4.78, 5) is 16.2. The number of para-hydroxylation sites is 1. The van der Waals surface area contributed by atoms with Crippen molar-refractivity contribution >= 4 is 41.5 Å². The molecule has 1 amide bonds. The van der Waals surface area contributed by atoms with E-state index in [1.165, 1.54) is 31.2 Å². The molecular formula is C20H33IN4O. The highest BCUT2D eigenvalue weighted by Crippen LogP contribution is 2.31. The number of aliphatic imine (C=N–C) groups is 1. The lowest BCUT2D eigenvalue weighted by Crippen LogP contribution is -2.42. The molecule has 5 nitrogen and oxygen atoms in total. The first-order chi connectivity index (χ1) is 12.2. The van der Waals surface area contributed by atoms with Crippen molar-refractivity contribution in [2.75, 3.05) is 25.5 Å². The van der Waals surface area contributed by atoms with Crippen molar-refractivity contribution in [3.63, 3.8) is 0 Å². The molecule has 2 unspecified atom stereocenters. The van der Waals surface area contributed by atoms with Gasteiger partial charge in [-0.1, -0.05) is 51.3 Å². The molecule has 0 aliphatic carbocycles. The number of hydrogen-bond donors (Lipinski definition) is 3. The zero-order valence-electron chi connectivity index (χ0n) is 16.2. The van der Waals surface area contributed by atoms with Crippen LogP contribution in [0.5, 0.6) is 0 Å². The lowest BCUT2D eigenvalue weighted by molar-refractivity contribution is -0.116. The molecule has 0 saturated heterocycles. The van der Waals surface area contributed by atoms with Gasteiger partial charge < -0.3 is 16.0 Å². The van der Waals surface area contributed by atoms with Gasteiger partial charge in [0.1, 0.15) is 0 Å². The van der Waals surface area contributed by atoms with Crippen LogP contribution in [0.25, 0.3) is 0 Å². The number of amides is 1. The van der Waals surface area contributed by atoms with Gasteiger partial charge >= 0.3 is 0 Å². The van der Waals surface area contributed by atoms with Crippen LogP contribution in [-0.2, 0) is 4.79 Å². The average Bonchev–Trinajstić information content (AvgIpc) is 2.63. The number of hydrogen-bond acceptors (Lipinski definition) is 2. The monoisotopic (exact) mass is 472 g/mol. The van der Waals surface area contributed by atoms with E-state index in [9.17, 15) is 4.79 Å². The number of benzene rings is 1. The van der Waals surface area contributed by atoms with Crippen LogP contribution in [-0.4, -0.2) is 32.0 Å². The molecule has 1 aromatic carbocycles. The van der Waals surface area contributed by atoms with Crippen molar-refractivity contribution in [3.05, 3.63) is 29.8 Å². The maximum Gasteiger partial charge on any atom is 0.225 e. The Morgan fingerprint density at radius 1 is 1.31 bits per heavy atom. The van der Waals surface area contributed by atoms with Crippen LogP contribution in [0, 0.1) is 5.92 Å². The Morgan fingerprint density at radius 3 is 2.77 bits per heavy atom. The first-order valence-electron chi connectivity index (χ1n) is 9.51. The van der Waals surface area contributed by atoms with E-state index in [0.29, 0.717) is 18.9 Å². The number of anilines is 1. The van der Waals surface area contributed by atoms with Gasteiger partial charge in [-0.2, -0.15) is 0 Å². The number of unbranched alkanes of at least 4 members (excludes halogenated alkanes) is 1. The zero-order chi connectivity index (χ0) is 18.1. The van der Waals surface area contributed by atoms with E-state index in [-0.39, 0.29) is 35.8 Å². The maximum absolute atomic E-state index is 11.9. The Balaban J connectivity index is 0.00000338. The first-order valence-corrected chi connectivity index (χ1v) is 9.51. The van der Waals surface area contributed by atoms with Gasteiger partial charge in [-0.3, -0.25) is 9.79 Å². The molecule has 0 fully saturated rings. The lowest BCUT2D eigenvalue weighted by Gasteiger charge is -2.26. The van der Waals surface area contributed by atoms with Crippen LogP contribution < -0.4 is 16.0 Å². The zero-order valence-corrected chi connectivity index (χ0v) is 18.5. The summed E-state index contributed by atoms with van der Waals surface area (Å²) in [5, 5.41) is 9.78. The second-order valence-corrected chi connectivity index (χ2v) is 6.79. The van der Waals surface area contributed by atoms with E-state index in [1.807, 2.05) is 18.2 Å². The molecule has 26 heavy (non-hydrogen) atoms. The van der Waals surface area contributed by atoms with E-state index in [2.05, 4.69) is 40.9 Å². The summed E-state index contributed by atoms with van der Waals surface area (Å²) in [6.45, 7) is 6.13. The quantitative estimate of drug-likeness (QED) is 0.303. The van der Waals surface area contributed by atoms with E-state index in [1.54, 1.807) is 7.05 Å². The second-order valence-electron chi connectivity index (χ2n) is 6.79. The number of halogens is 1. The van der Waals surface area contributed by atoms with Crippen molar-refractivity contribution in [1.29, 1.82) is 0 Å². The summed E-state index contributed by atoms with van der Waals surface area (Å²) < 4.78 is 0. The summed E-state index contributed by atoms with van der Waals surface area (Å²) in [5.41, 5.74) is 2.12. The van der Waals surface area contributed by atoms with Crippen molar-refractivity contribution < 1.29 is 4.79 Å². The third-order valence-corrected chi connectivity index (χ3v) is 4.95. The normalized spacial score (nSPS) is 17.6. The van der Waals surface area contributed by atoms with Crippen molar-refractivity contribution in [1.82, 2.24) is 10.6 Å². The molecule has 2 atom stereocenters. The van der Waals surface area contributed by atoms with E-state index in [0.717, 1.165) is 18.2 Å². The molecule has 0 spiro atoms. The molecule has 0 saturated carbocycles. The summed E-state index contributed by atoms with van der Waals surface area (Å²) >= 11 is 0. The number of fused-ring (bicyclic) bond motifs is 1. The van der Waals surface area contributed by atoms with E-state index >= 15 is 0 Å². The molecule has 1 aliphatic rings. The summed E-state index contributed by atoms with van der Waals surface area (Å²) in [7, 11) is 1.80. The van der Waals surface area contributed by atoms with Crippen molar-refractivity contribution in [2.45, 2.75) is 51.9 Å². The fraction of sp³-hybridized carbons (Fsp3) is 0.600. The number of nitrogens with one attached hydrogen (secondary N) is 3. The predicted molar refractivity (Wildman–Crippen MR) is 121 cm³/mol. The van der Waals surface area contributed by atoms with Gasteiger partial charge in [0.25, 0.3) is 0 Å². The molecule has 146 valence electrons. The topological polar surface area (TPSA) is 65.5 Å². The van der Waals surface area contributed by atoms with Crippen LogP contribution in [0.15, 0.2) is 29.3 Å². The minimum atomic E-state index is 0. The van der Waals surface area contributed by atoms with Gasteiger partial charge in [0.2, 0.25) is 5.91 Å². The summed E-state index contributed by atoms with van der Waals surface area (Å²) in [5.74, 6) is 1.75. The minimum Gasteiger partial charge on any atom is -0.356 e. The molecular weight excluding hydrogens is 439 g/mol. The highest BCUT2D eigenvalue weighted by Gasteiger charge is 2.24. The molecule has 1 aromatic rings. The summed E-state index contributed by atoms with van der Waals surface area (Å²) in [6, 6.07) is 8.04. The van der Waals surface area contributed by atoms with Gasteiger partial charge in [-0.15, -0.1) is 24.0 Å². The van der Waals surface area contributed by atoms with Crippen molar-refractivity contribution in [3.8, 4) is 0 Å². The first kappa shape index (κ1) is 22.7. The Hall–Kier alpha value is -1.31. The fourth-order valence-electron chi connectivity index (χ4n) is 3.31. The number of carbonyl (C=O) groups excluding carboxylic acids is 1. The number of rotatable bonds is 8. The lowest BCUT2D eigenvalue weighted by atomic mass is 9.90. The molecule has 2 rings (SSSR count). The SMILES string of the molecule is CCCCC(CC)CNC(=NC)NCC1CC(=O)Nc2ccccc21.I. The van der Waals surface area contributed by atoms with E-state index < -0.39 is 0 Å². The van der Waals surface area contributed by atoms with Gasteiger partial charge in [0.15, 0.2) is 5.96 Å². The Morgan fingerprint density at radius 2 is 2.08 bits per heavy atom. The maximum atomic E-state index is 11.9. The Kier molecular flexibility index (Phi) is 10.6.